The van der Waals surface area contributed by atoms with Gasteiger partial charge in [-0.1, -0.05) is 0 Å². The van der Waals surface area contributed by atoms with E-state index in [0.717, 1.165) is 17.1 Å². The molecule has 0 saturated carbocycles. The third kappa shape index (κ3) is 1.99. The molecule has 5 heteroatoms. The summed E-state index contributed by atoms with van der Waals surface area (Å²) in [6.07, 6.45) is 1.43. The van der Waals surface area contributed by atoms with Gasteiger partial charge in [0.2, 0.25) is 5.78 Å². The quantitative estimate of drug-likeness (QED) is 0.754. The van der Waals surface area contributed by atoms with Gasteiger partial charge in [0, 0.05) is 11.8 Å². The van der Waals surface area contributed by atoms with Crippen molar-refractivity contribution in [1.29, 1.82) is 0 Å². The summed E-state index contributed by atoms with van der Waals surface area (Å²) in [6.45, 7) is 1.77. The first-order valence-electron chi connectivity index (χ1n) is 4.50. The van der Waals surface area contributed by atoms with Crippen LogP contribution >= 0.6 is 11.3 Å². The molecule has 2 aromatic rings. The number of ketones is 1. The second-order valence-corrected chi connectivity index (χ2v) is 4.44. The van der Waals surface area contributed by atoms with Crippen LogP contribution in [0.4, 0.5) is 8.78 Å². The third-order valence-corrected chi connectivity index (χ3v) is 2.94. The summed E-state index contributed by atoms with van der Waals surface area (Å²) < 4.78 is 25.6. The summed E-state index contributed by atoms with van der Waals surface area (Å²) in [4.78, 5) is 16.2. The lowest BCUT2D eigenvalue weighted by Crippen LogP contribution is -2.00. The van der Waals surface area contributed by atoms with E-state index in [4.69, 9.17) is 0 Å². The van der Waals surface area contributed by atoms with E-state index in [2.05, 4.69) is 4.98 Å². The fourth-order valence-corrected chi connectivity index (χ4v) is 1.99. The average Bonchev–Trinajstić information content (AvgIpc) is 2.68. The summed E-state index contributed by atoms with van der Waals surface area (Å²) in [5, 5.41) is 0.755. The van der Waals surface area contributed by atoms with Crippen molar-refractivity contribution in [3.8, 4) is 0 Å². The molecule has 0 atom stereocenters. The molecule has 0 amide bonds. The molecule has 16 heavy (non-hydrogen) atoms. The first kappa shape index (κ1) is 10.9. The maximum atomic E-state index is 12.9. The number of carbonyl (C=O) groups is 1. The molecule has 1 aromatic carbocycles. The molecule has 1 aromatic heterocycles. The zero-order chi connectivity index (χ0) is 11.7. The van der Waals surface area contributed by atoms with Crippen LogP contribution in [0.1, 0.15) is 20.2 Å². The summed E-state index contributed by atoms with van der Waals surface area (Å²) in [7, 11) is 0. The SMILES string of the molecule is Cc1ncc(C(=O)c2ccc(F)c(F)c2)s1. The van der Waals surface area contributed by atoms with Gasteiger partial charge in [0.15, 0.2) is 11.6 Å². The number of carbonyl (C=O) groups excluding carboxylic acids is 1. The number of aromatic nitrogens is 1. The Labute approximate surface area is 94.6 Å². The van der Waals surface area contributed by atoms with Crippen molar-refractivity contribution < 1.29 is 13.6 Å². The molecule has 0 unspecified atom stereocenters. The Morgan fingerprint density at radius 1 is 1.31 bits per heavy atom. The van der Waals surface area contributed by atoms with Gasteiger partial charge in [-0.2, -0.15) is 0 Å². The molecule has 0 saturated heterocycles. The summed E-state index contributed by atoms with van der Waals surface area (Å²) in [6, 6.07) is 3.10. The minimum Gasteiger partial charge on any atom is -0.288 e. The highest BCUT2D eigenvalue weighted by Crippen LogP contribution is 2.18. The van der Waals surface area contributed by atoms with E-state index in [0.29, 0.717) is 4.88 Å². The summed E-state index contributed by atoms with van der Waals surface area (Å²) in [5.41, 5.74) is 0.127. The molecular weight excluding hydrogens is 232 g/mol. The van der Waals surface area contributed by atoms with E-state index in [-0.39, 0.29) is 11.3 Å². The van der Waals surface area contributed by atoms with Gasteiger partial charge in [0.25, 0.3) is 0 Å². The highest BCUT2D eigenvalue weighted by molar-refractivity contribution is 7.13. The largest absolute Gasteiger partial charge is 0.288 e. The first-order valence-corrected chi connectivity index (χ1v) is 5.32. The number of aryl methyl sites for hydroxylation is 1. The van der Waals surface area contributed by atoms with Crippen LogP contribution in [0, 0.1) is 18.6 Å². The Morgan fingerprint density at radius 2 is 2.06 bits per heavy atom. The summed E-state index contributed by atoms with van der Waals surface area (Å²) >= 11 is 1.22. The average molecular weight is 239 g/mol. The highest BCUT2D eigenvalue weighted by atomic mass is 32.1. The molecule has 0 aliphatic carbocycles. The topological polar surface area (TPSA) is 30.0 Å². The van der Waals surface area contributed by atoms with Crippen LogP contribution in [0.15, 0.2) is 24.4 Å². The van der Waals surface area contributed by atoms with Crippen LogP contribution in [0.2, 0.25) is 0 Å². The van der Waals surface area contributed by atoms with Crippen molar-refractivity contribution in [2.75, 3.05) is 0 Å². The molecule has 0 fully saturated rings. The van der Waals surface area contributed by atoms with Crippen molar-refractivity contribution in [2.45, 2.75) is 6.92 Å². The van der Waals surface area contributed by atoms with E-state index in [1.807, 2.05) is 0 Å². The van der Waals surface area contributed by atoms with Gasteiger partial charge in [-0.15, -0.1) is 11.3 Å². The fraction of sp³-hybridized carbons (Fsp3) is 0.0909. The number of rotatable bonds is 2. The van der Waals surface area contributed by atoms with Crippen LogP contribution in [0.3, 0.4) is 0 Å². The van der Waals surface area contributed by atoms with Crippen LogP contribution in [-0.2, 0) is 0 Å². The normalized spacial score (nSPS) is 10.4. The molecule has 0 aliphatic rings. The fourth-order valence-electron chi connectivity index (χ4n) is 1.25. The van der Waals surface area contributed by atoms with Gasteiger partial charge in [0.05, 0.1) is 9.88 Å². The van der Waals surface area contributed by atoms with E-state index >= 15 is 0 Å². The first-order chi connectivity index (χ1) is 7.58. The molecule has 0 aliphatic heterocycles. The van der Waals surface area contributed by atoms with Crippen molar-refractivity contribution in [3.05, 3.63) is 51.5 Å². The second kappa shape index (κ2) is 4.09. The monoisotopic (exact) mass is 239 g/mol. The maximum absolute atomic E-state index is 12.9. The molecule has 0 radical (unpaired) electrons. The molecular formula is C11H7F2NOS. The Kier molecular flexibility index (Phi) is 2.78. The molecule has 0 bridgehead atoms. The smallest absolute Gasteiger partial charge is 0.204 e. The molecule has 82 valence electrons. The van der Waals surface area contributed by atoms with Crippen molar-refractivity contribution in [1.82, 2.24) is 4.98 Å². The predicted molar refractivity (Wildman–Crippen MR) is 56.6 cm³/mol. The molecule has 2 nitrogen and oxygen atoms in total. The maximum Gasteiger partial charge on any atom is 0.204 e. The Balaban J connectivity index is 2.38. The van der Waals surface area contributed by atoms with Crippen molar-refractivity contribution in [3.63, 3.8) is 0 Å². The number of benzene rings is 1. The van der Waals surface area contributed by atoms with Gasteiger partial charge in [-0.3, -0.25) is 4.79 Å². The van der Waals surface area contributed by atoms with Gasteiger partial charge in [-0.05, 0) is 25.1 Å². The zero-order valence-electron chi connectivity index (χ0n) is 8.33. The van der Waals surface area contributed by atoms with E-state index in [1.165, 1.54) is 23.6 Å². The lowest BCUT2D eigenvalue weighted by atomic mass is 10.1. The molecule has 1 heterocycles. The highest BCUT2D eigenvalue weighted by Gasteiger charge is 2.14. The van der Waals surface area contributed by atoms with Gasteiger partial charge in [-0.25, -0.2) is 13.8 Å². The molecule has 2 rings (SSSR count). The van der Waals surface area contributed by atoms with Crippen LogP contribution < -0.4 is 0 Å². The van der Waals surface area contributed by atoms with E-state index in [9.17, 15) is 13.6 Å². The lowest BCUT2D eigenvalue weighted by Gasteiger charge is -1.98. The zero-order valence-corrected chi connectivity index (χ0v) is 9.15. The minimum absolute atomic E-state index is 0.127. The molecule has 0 N–H and O–H groups in total. The number of halogens is 2. The van der Waals surface area contributed by atoms with Gasteiger partial charge >= 0.3 is 0 Å². The Hall–Kier alpha value is -1.62. The minimum atomic E-state index is -1.02. The number of hydrogen-bond acceptors (Lipinski definition) is 3. The van der Waals surface area contributed by atoms with Crippen molar-refractivity contribution in [2.24, 2.45) is 0 Å². The van der Waals surface area contributed by atoms with Crippen LogP contribution in [0.25, 0.3) is 0 Å². The third-order valence-electron chi connectivity index (χ3n) is 2.03. The van der Waals surface area contributed by atoms with Gasteiger partial charge in [0.1, 0.15) is 0 Å². The second-order valence-electron chi connectivity index (χ2n) is 3.20. The van der Waals surface area contributed by atoms with Crippen LogP contribution in [-0.4, -0.2) is 10.8 Å². The lowest BCUT2D eigenvalue weighted by molar-refractivity contribution is 0.104. The Bertz CT molecular complexity index is 551. The molecule has 0 spiro atoms. The van der Waals surface area contributed by atoms with E-state index in [1.54, 1.807) is 6.92 Å². The number of hydrogen-bond donors (Lipinski definition) is 0. The van der Waals surface area contributed by atoms with Crippen molar-refractivity contribution >= 4 is 17.1 Å². The number of nitrogens with zero attached hydrogens (tertiary/aromatic N) is 1. The van der Waals surface area contributed by atoms with Crippen LogP contribution in [0.5, 0.6) is 0 Å². The Morgan fingerprint density at radius 3 is 2.62 bits per heavy atom. The predicted octanol–water partition coefficient (Wildman–Crippen LogP) is 2.96. The number of thiazole rings is 1. The summed E-state index contributed by atoms with van der Waals surface area (Å²) in [5.74, 6) is -2.33. The van der Waals surface area contributed by atoms with E-state index < -0.39 is 11.6 Å². The van der Waals surface area contributed by atoms with Gasteiger partial charge < -0.3 is 0 Å². The standard InChI is InChI=1S/C11H7F2NOS/c1-6-14-5-10(16-6)11(15)7-2-3-8(12)9(13)4-7/h2-5H,1H3.